The Morgan fingerprint density at radius 2 is 1.60 bits per heavy atom. The van der Waals surface area contributed by atoms with Crippen molar-refractivity contribution in [2.75, 3.05) is 26.2 Å². The van der Waals surface area contributed by atoms with Gasteiger partial charge in [0.2, 0.25) is 5.62 Å². The molecule has 1 aliphatic heterocycles. The van der Waals surface area contributed by atoms with E-state index in [1.807, 2.05) is 54.0 Å². The fourth-order valence-electron chi connectivity index (χ4n) is 4.30. The Hall–Kier alpha value is -2.57. The maximum Gasteiger partial charge on any atom is 0.203 e. The number of aryl methyl sites for hydroxylation is 1. The summed E-state index contributed by atoms with van der Waals surface area (Å²) in [7, 11) is 0. The standard InChI is InChI=1S/C24H32N4O2/c1-19-9-3-6-12-23(19)30-18-20(29)17-28-22-11-5-4-10-21(22)27(24(28)25)16-15-26-13-7-2-8-14-26/h3-6,9-12,20,25,29H,2,7-8,13-18H2,1H3/t20-/m0/s1. The number of para-hydroxylation sites is 3. The van der Waals surface area contributed by atoms with Gasteiger partial charge in [-0.3, -0.25) is 5.41 Å². The fraction of sp³-hybridized carbons (Fsp3) is 0.458. The van der Waals surface area contributed by atoms with Crippen molar-refractivity contribution < 1.29 is 9.84 Å². The average molecular weight is 409 g/mol. The van der Waals surface area contributed by atoms with Gasteiger partial charge in [-0.2, -0.15) is 0 Å². The first kappa shape index (κ1) is 20.7. The number of aromatic nitrogens is 2. The Morgan fingerprint density at radius 1 is 0.933 bits per heavy atom. The highest BCUT2D eigenvalue weighted by Crippen LogP contribution is 2.17. The lowest BCUT2D eigenvalue weighted by atomic mass is 10.1. The molecule has 1 saturated heterocycles. The predicted molar refractivity (Wildman–Crippen MR) is 119 cm³/mol. The van der Waals surface area contributed by atoms with Crippen molar-refractivity contribution in [3.05, 3.63) is 59.7 Å². The van der Waals surface area contributed by atoms with Gasteiger partial charge in [-0.25, -0.2) is 0 Å². The molecule has 1 fully saturated rings. The summed E-state index contributed by atoms with van der Waals surface area (Å²) in [6.07, 6.45) is 3.18. The van der Waals surface area contributed by atoms with Gasteiger partial charge < -0.3 is 23.9 Å². The Bertz CT molecular complexity index is 1030. The summed E-state index contributed by atoms with van der Waals surface area (Å²) in [5.41, 5.74) is 3.51. The SMILES string of the molecule is Cc1ccccc1OC[C@@H](O)Cn1c(=N)n(CCN2CCCCC2)c2ccccc21. The summed E-state index contributed by atoms with van der Waals surface area (Å²) in [5.74, 6) is 0.789. The number of benzene rings is 2. The van der Waals surface area contributed by atoms with Gasteiger partial charge in [0.25, 0.3) is 0 Å². The number of fused-ring (bicyclic) bond motifs is 1. The van der Waals surface area contributed by atoms with E-state index in [-0.39, 0.29) is 6.61 Å². The van der Waals surface area contributed by atoms with E-state index in [9.17, 15) is 5.11 Å². The molecule has 160 valence electrons. The van der Waals surface area contributed by atoms with Gasteiger partial charge >= 0.3 is 0 Å². The number of hydrogen-bond donors (Lipinski definition) is 2. The van der Waals surface area contributed by atoms with Gasteiger partial charge in [0.1, 0.15) is 18.5 Å². The van der Waals surface area contributed by atoms with E-state index < -0.39 is 6.10 Å². The smallest absolute Gasteiger partial charge is 0.203 e. The molecule has 6 heteroatoms. The van der Waals surface area contributed by atoms with Crippen LogP contribution in [0.3, 0.4) is 0 Å². The third-order valence-corrected chi connectivity index (χ3v) is 5.98. The lowest BCUT2D eigenvalue weighted by Crippen LogP contribution is -2.36. The van der Waals surface area contributed by atoms with Crippen LogP contribution in [0.4, 0.5) is 0 Å². The number of aliphatic hydroxyl groups is 1. The van der Waals surface area contributed by atoms with Crippen LogP contribution < -0.4 is 10.4 Å². The second-order valence-electron chi connectivity index (χ2n) is 8.21. The molecule has 2 N–H and O–H groups in total. The van der Waals surface area contributed by atoms with Crippen molar-refractivity contribution in [1.29, 1.82) is 5.41 Å². The van der Waals surface area contributed by atoms with Gasteiger partial charge in [-0.1, -0.05) is 36.8 Å². The van der Waals surface area contributed by atoms with Crippen LogP contribution in [-0.4, -0.2) is 51.5 Å². The number of piperidine rings is 1. The summed E-state index contributed by atoms with van der Waals surface area (Å²) in [4.78, 5) is 2.49. The molecule has 1 aliphatic rings. The maximum absolute atomic E-state index is 10.6. The number of nitrogens with one attached hydrogen (secondary N) is 1. The van der Waals surface area contributed by atoms with Gasteiger partial charge in [0.15, 0.2) is 0 Å². The first-order valence-electron chi connectivity index (χ1n) is 10.9. The summed E-state index contributed by atoms with van der Waals surface area (Å²) in [6.45, 7) is 6.59. The zero-order chi connectivity index (χ0) is 20.9. The summed E-state index contributed by atoms with van der Waals surface area (Å²) < 4.78 is 9.79. The molecule has 0 amide bonds. The number of likely N-dealkylation sites (tertiary alicyclic amines) is 1. The first-order valence-corrected chi connectivity index (χ1v) is 10.9. The van der Waals surface area contributed by atoms with Gasteiger partial charge in [-0.05, 0) is 56.6 Å². The lowest BCUT2D eigenvalue weighted by molar-refractivity contribution is 0.0917. The van der Waals surface area contributed by atoms with Crippen molar-refractivity contribution in [2.24, 2.45) is 0 Å². The first-order chi connectivity index (χ1) is 14.6. The molecule has 0 spiro atoms. The number of imidazole rings is 1. The summed E-state index contributed by atoms with van der Waals surface area (Å²) in [5, 5.41) is 19.4. The van der Waals surface area contributed by atoms with Crippen molar-refractivity contribution in [2.45, 2.75) is 45.4 Å². The summed E-state index contributed by atoms with van der Waals surface area (Å²) >= 11 is 0. The normalized spacial score (nSPS) is 16.1. The Morgan fingerprint density at radius 3 is 2.33 bits per heavy atom. The number of nitrogens with zero attached hydrogens (tertiary/aromatic N) is 3. The van der Waals surface area contributed by atoms with Gasteiger partial charge in [0.05, 0.1) is 17.6 Å². The second kappa shape index (κ2) is 9.49. The maximum atomic E-state index is 10.6. The molecular weight excluding hydrogens is 376 g/mol. The zero-order valence-corrected chi connectivity index (χ0v) is 17.8. The van der Waals surface area contributed by atoms with Crippen molar-refractivity contribution in [1.82, 2.24) is 14.0 Å². The molecule has 30 heavy (non-hydrogen) atoms. The van der Waals surface area contributed by atoms with Crippen LogP contribution in [0.2, 0.25) is 0 Å². The molecule has 4 rings (SSSR count). The Labute approximate surface area is 177 Å². The minimum atomic E-state index is -0.694. The molecule has 0 bridgehead atoms. The van der Waals surface area contributed by atoms with E-state index in [2.05, 4.69) is 15.5 Å². The fourth-order valence-corrected chi connectivity index (χ4v) is 4.30. The highest BCUT2D eigenvalue weighted by atomic mass is 16.5. The predicted octanol–water partition coefficient (Wildman–Crippen LogP) is 3.16. The number of aliphatic hydroxyl groups excluding tert-OH is 1. The number of ether oxygens (including phenoxy) is 1. The molecule has 1 aromatic heterocycles. The van der Waals surface area contributed by atoms with Crippen LogP contribution in [-0.2, 0) is 13.1 Å². The van der Waals surface area contributed by atoms with E-state index in [0.717, 1.165) is 48.5 Å². The molecule has 3 aromatic rings. The van der Waals surface area contributed by atoms with Crippen LogP contribution >= 0.6 is 0 Å². The molecule has 0 unspecified atom stereocenters. The second-order valence-corrected chi connectivity index (χ2v) is 8.21. The molecule has 2 aromatic carbocycles. The van der Waals surface area contributed by atoms with E-state index in [1.165, 1.54) is 19.3 Å². The van der Waals surface area contributed by atoms with E-state index in [1.54, 1.807) is 0 Å². The lowest BCUT2D eigenvalue weighted by Gasteiger charge is -2.26. The zero-order valence-electron chi connectivity index (χ0n) is 17.8. The van der Waals surface area contributed by atoms with Crippen LogP contribution in [0, 0.1) is 12.3 Å². The molecule has 6 nitrogen and oxygen atoms in total. The van der Waals surface area contributed by atoms with Crippen LogP contribution in [0.1, 0.15) is 24.8 Å². The Kier molecular flexibility index (Phi) is 6.55. The molecule has 1 atom stereocenters. The van der Waals surface area contributed by atoms with Crippen molar-refractivity contribution in [3.8, 4) is 5.75 Å². The minimum Gasteiger partial charge on any atom is -0.491 e. The molecular formula is C24H32N4O2. The average Bonchev–Trinajstić information content (AvgIpc) is 3.03. The molecule has 2 heterocycles. The monoisotopic (exact) mass is 408 g/mol. The quantitative estimate of drug-likeness (QED) is 0.602. The largest absolute Gasteiger partial charge is 0.491 e. The summed E-state index contributed by atoms with van der Waals surface area (Å²) in [6, 6.07) is 15.9. The molecule has 0 aliphatic carbocycles. The highest BCUT2D eigenvalue weighted by Gasteiger charge is 2.16. The van der Waals surface area contributed by atoms with Crippen LogP contribution in [0.15, 0.2) is 48.5 Å². The van der Waals surface area contributed by atoms with Crippen molar-refractivity contribution >= 4 is 11.0 Å². The highest BCUT2D eigenvalue weighted by molar-refractivity contribution is 5.75. The number of rotatable bonds is 8. The van der Waals surface area contributed by atoms with E-state index in [0.29, 0.717) is 12.2 Å². The molecule has 0 radical (unpaired) electrons. The van der Waals surface area contributed by atoms with E-state index >= 15 is 0 Å². The third kappa shape index (κ3) is 4.60. The van der Waals surface area contributed by atoms with Crippen LogP contribution in [0.5, 0.6) is 5.75 Å². The Balaban J connectivity index is 1.48. The van der Waals surface area contributed by atoms with Crippen molar-refractivity contribution in [3.63, 3.8) is 0 Å². The van der Waals surface area contributed by atoms with Gasteiger partial charge in [-0.15, -0.1) is 0 Å². The third-order valence-electron chi connectivity index (χ3n) is 5.98. The number of hydrogen-bond acceptors (Lipinski definition) is 4. The van der Waals surface area contributed by atoms with Crippen LogP contribution in [0.25, 0.3) is 11.0 Å². The minimum absolute atomic E-state index is 0.199. The van der Waals surface area contributed by atoms with Gasteiger partial charge in [0, 0.05) is 13.1 Å². The molecule has 0 saturated carbocycles. The van der Waals surface area contributed by atoms with E-state index in [4.69, 9.17) is 10.1 Å². The topological polar surface area (TPSA) is 66.4 Å².